The molecule has 4 rings (SSSR count). The fraction of sp³-hybridized carbons (Fsp3) is 0.238. The minimum atomic E-state index is -0.156. The fourth-order valence-electron chi connectivity index (χ4n) is 3.27. The third kappa shape index (κ3) is 3.69. The molecule has 4 nitrogen and oxygen atoms in total. The number of hydroxylamine groups is 1. The molecule has 1 N–H and O–H groups in total. The van der Waals surface area contributed by atoms with Crippen molar-refractivity contribution in [2.24, 2.45) is 5.92 Å². The highest BCUT2D eigenvalue weighted by Gasteiger charge is 2.32. The largest absolute Gasteiger partial charge is 0.272 e. The van der Waals surface area contributed by atoms with Gasteiger partial charge in [-0.15, -0.1) is 11.3 Å². The summed E-state index contributed by atoms with van der Waals surface area (Å²) in [5.74, 6) is -0.136. The minimum Gasteiger partial charge on any atom is -0.272 e. The smallest absolute Gasteiger partial charge is 0.247 e. The molecule has 1 aliphatic carbocycles. The predicted molar refractivity (Wildman–Crippen MR) is 104 cm³/mol. The van der Waals surface area contributed by atoms with Crippen molar-refractivity contribution in [3.8, 4) is 0 Å². The fourth-order valence-corrected chi connectivity index (χ4v) is 4.41. The number of hydrogen-bond donors (Lipinski definition) is 1. The molecule has 26 heavy (non-hydrogen) atoms. The lowest BCUT2D eigenvalue weighted by Crippen LogP contribution is -2.35. The van der Waals surface area contributed by atoms with E-state index in [1.807, 2.05) is 48.5 Å². The number of aromatic nitrogens is 1. The van der Waals surface area contributed by atoms with Gasteiger partial charge >= 0.3 is 0 Å². The van der Waals surface area contributed by atoms with Gasteiger partial charge in [-0.1, -0.05) is 54.6 Å². The van der Waals surface area contributed by atoms with Crippen LogP contribution in [0, 0.1) is 5.92 Å². The first-order valence-corrected chi connectivity index (χ1v) is 9.59. The summed E-state index contributed by atoms with van der Waals surface area (Å²) in [5, 5.41) is 1.03. The van der Waals surface area contributed by atoms with Crippen LogP contribution in [0.4, 0.5) is 0 Å². The predicted octanol–water partition coefficient (Wildman–Crippen LogP) is 4.59. The number of benzene rings is 2. The Hall–Kier alpha value is -2.50. The van der Waals surface area contributed by atoms with Crippen molar-refractivity contribution in [2.75, 3.05) is 0 Å². The molecule has 1 aliphatic rings. The van der Waals surface area contributed by atoms with E-state index in [9.17, 15) is 4.79 Å². The number of carbonyl (C=O) groups excluding carboxylic acids is 1. The molecular weight excluding hydrogens is 344 g/mol. The highest BCUT2D eigenvalue weighted by molar-refractivity contribution is 7.18. The van der Waals surface area contributed by atoms with Crippen LogP contribution in [0.1, 0.15) is 29.3 Å². The molecule has 0 fully saturated rings. The molecule has 0 spiro atoms. The average Bonchev–Trinajstić information content (AvgIpc) is 3.13. The van der Waals surface area contributed by atoms with Gasteiger partial charge < -0.3 is 0 Å². The van der Waals surface area contributed by atoms with Crippen molar-refractivity contribution in [3.63, 3.8) is 0 Å². The van der Waals surface area contributed by atoms with Crippen LogP contribution < -0.4 is 5.48 Å². The number of allylic oxidation sites excluding steroid dienone is 2. The van der Waals surface area contributed by atoms with Gasteiger partial charge in [0.15, 0.2) is 0 Å². The van der Waals surface area contributed by atoms with Crippen LogP contribution in [0.15, 0.2) is 66.7 Å². The zero-order valence-electron chi connectivity index (χ0n) is 14.3. The van der Waals surface area contributed by atoms with Gasteiger partial charge in [0.25, 0.3) is 0 Å². The number of nitrogens with zero attached hydrogens (tertiary/aromatic N) is 1. The number of nitrogens with one attached hydrogen (secondary N) is 1. The summed E-state index contributed by atoms with van der Waals surface area (Å²) in [6, 6.07) is 17.9. The maximum Gasteiger partial charge on any atom is 0.247 e. The van der Waals surface area contributed by atoms with Gasteiger partial charge in [0, 0.05) is 5.92 Å². The quantitative estimate of drug-likeness (QED) is 0.532. The number of para-hydroxylation sites is 1. The SMILES string of the molecule is O=C(NOCc1ccccc1)C1CC=CCC1c1nc2ccccc2s1. The number of carbonyl (C=O) groups is 1. The van der Waals surface area contributed by atoms with Crippen LogP contribution in [-0.2, 0) is 16.2 Å². The van der Waals surface area contributed by atoms with E-state index in [4.69, 9.17) is 9.82 Å². The van der Waals surface area contributed by atoms with Crippen molar-refractivity contribution in [1.29, 1.82) is 0 Å². The summed E-state index contributed by atoms with van der Waals surface area (Å²) in [6.07, 6.45) is 5.76. The molecular formula is C21H20N2O2S. The van der Waals surface area contributed by atoms with Crippen molar-refractivity contribution >= 4 is 27.5 Å². The van der Waals surface area contributed by atoms with Gasteiger partial charge in [0.1, 0.15) is 0 Å². The van der Waals surface area contributed by atoms with E-state index in [1.54, 1.807) is 11.3 Å². The normalized spacial score (nSPS) is 19.5. The molecule has 5 heteroatoms. The first-order valence-electron chi connectivity index (χ1n) is 8.77. The first-order chi connectivity index (χ1) is 12.8. The highest BCUT2D eigenvalue weighted by atomic mass is 32.1. The van der Waals surface area contributed by atoms with Crippen molar-refractivity contribution in [1.82, 2.24) is 10.5 Å². The van der Waals surface area contributed by atoms with E-state index in [-0.39, 0.29) is 17.7 Å². The van der Waals surface area contributed by atoms with Crippen molar-refractivity contribution in [3.05, 3.63) is 77.3 Å². The minimum absolute atomic E-state index is 0.0745. The van der Waals surface area contributed by atoms with E-state index in [0.29, 0.717) is 13.0 Å². The van der Waals surface area contributed by atoms with Crippen LogP contribution in [-0.4, -0.2) is 10.9 Å². The Morgan fingerprint density at radius 2 is 1.85 bits per heavy atom. The second kappa shape index (κ2) is 7.81. The molecule has 1 heterocycles. The molecule has 0 bridgehead atoms. The summed E-state index contributed by atoms with van der Waals surface area (Å²) >= 11 is 1.68. The Labute approximate surface area is 156 Å². The summed E-state index contributed by atoms with van der Waals surface area (Å²) in [7, 11) is 0. The van der Waals surface area contributed by atoms with Crippen LogP contribution >= 0.6 is 11.3 Å². The van der Waals surface area contributed by atoms with Crippen LogP contribution in [0.5, 0.6) is 0 Å². The Balaban J connectivity index is 1.45. The van der Waals surface area contributed by atoms with E-state index >= 15 is 0 Å². The van der Waals surface area contributed by atoms with Crippen LogP contribution in [0.25, 0.3) is 10.2 Å². The van der Waals surface area contributed by atoms with Gasteiger partial charge in [-0.3, -0.25) is 9.63 Å². The molecule has 1 amide bonds. The van der Waals surface area contributed by atoms with Gasteiger partial charge in [-0.05, 0) is 30.5 Å². The molecule has 0 saturated heterocycles. The van der Waals surface area contributed by atoms with Gasteiger partial charge in [0.05, 0.1) is 27.7 Å². The third-order valence-corrected chi connectivity index (χ3v) is 5.82. The maximum absolute atomic E-state index is 12.7. The van der Waals surface area contributed by atoms with Crippen molar-refractivity contribution < 1.29 is 9.63 Å². The number of thiazole rings is 1. The van der Waals surface area contributed by atoms with E-state index < -0.39 is 0 Å². The lowest BCUT2D eigenvalue weighted by Gasteiger charge is -2.25. The van der Waals surface area contributed by atoms with E-state index in [1.165, 1.54) is 0 Å². The van der Waals surface area contributed by atoms with Crippen LogP contribution in [0.2, 0.25) is 0 Å². The Bertz CT molecular complexity index is 887. The average molecular weight is 364 g/mol. The second-order valence-electron chi connectivity index (χ2n) is 6.42. The molecule has 3 aromatic rings. The van der Waals surface area contributed by atoms with Crippen molar-refractivity contribution in [2.45, 2.75) is 25.4 Å². The maximum atomic E-state index is 12.7. The van der Waals surface area contributed by atoms with Crippen LogP contribution in [0.3, 0.4) is 0 Å². The molecule has 0 radical (unpaired) electrons. The Kier molecular flexibility index (Phi) is 5.09. The number of amides is 1. The zero-order chi connectivity index (χ0) is 17.8. The van der Waals surface area contributed by atoms with Gasteiger partial charge in [-0.2, -0.15) is 0 Å². The highest BCUT2D eigenvalue weighted by Crippen LogP contribution is 2.38. The van der Waals surface area contributed by atoms with E-state index in [0.717, 1.165) is 27.2 Å². The molecule has 2 atom stereocenters. The van der Waals surface area contributed by atoms with Gasteiger partial charge in [-0.25, -0.2) is 10.5 Å². The molecule has 2 aromatic carbocycles. The molecule has 1 aromatic heterocycles. The summed E-state index contributed by atoms with van der Waals surface area (Å²) in [6.45, 7) is 0.362. The summed E-state index contributed by atoms with van der Waals surface area (Å²) in [5.41, 5.74) is 4.67. The Morgan fingerprint density at radius 3 is 2.69 bits per heavy atom. The lowest BCUT2D eigenvalue weighted by molar-refractivity contribution is -0.139. The third-order valence-electron chi connectivity index (χ3n) is 4.65. The zero-order valence-corrected chi connectivity index (χ0v) is 15.1. The number of hydrogen-bond acceptors (Lipinski definition) is 4. The molecule has 132 valence electrons. The molecule has 0 aliphatic heterocycles. The van der Waals surface area contributed by atoms with E-state index in [2.05, 4.69) is 23.7 Å². The second-order valence-corrected chi connectivity index (χ2v) is 7.48. The number of rotatable bonds is 5. The summed E-state index contributed by atoms with van der Waals surface area (Å²) in [4.78, 5) is 22.9. The monoisotopic (exact) mass is 364 g/mol. The molecule has 2 unspecified atom stereocenters. The van der Waals surface area contributed by atoms with Gasteiger partial charge in [0.2, 0.25) is 5.91 Å². The summed E-state index contributed by atoms with van der Waals surface area (Å²) < 4.78 is 1.16. The molecule has 0 saturated carbocycles. The number of fused-ring (bicyclic) bond motifs is 1. The lowest BCUT2D eigenvalue weighted by atomic mass is 9.83. The topological polar surface area (TPSA) is 51.2 Å². The Morgan fingerprint density at radius 1 is 1.08 bits per heavy atom. The first kappa shape index (κ1) is 16.9. The standard InChI is InChI=1S/C21H20N2O2S/c24-20(23-25-14-15-8-2-1-3-9-15)16-10-4-5-11-17(16)21-22-18-12-6-7-13-19(18)26-21/h1-9,12-13,16-17H,10-11,14H2,(H,23,24).